The molecule has 17 heavy (non-hydrogen) atoms. The van der Waals surface area contributed by atoms with Gasteiger partial charge in [0.15, 0.2) is 0 Å². The molecule has 1 saturated carbocycles. The molecular weight excluding hydrogens is 228 g/mol. The summed E-state index contributed by atoms with van der Waals surface area (Å²) in [5.74, 6) is 0.761. The molecule has 3 rings (SSSR count). The van der Waals surface area contributed by atoms with Crippen molar-refractivity contribution >= 4 is 11.3 Å². The van der Waals surface area contributed by atoms with Crippen molar-refractivity contribution in [2.75, 3.05) is 6.54 Å². The van der Waals surface area contributed by atoms with Crippen molar-refractivity contribution in [1.29, 1.82) is 0 Å². The summed E-state index contributed by atoms with van der Waals surface area (Å²) in [5, 5.41) is 7.26. The third-order valence-electron chi connectivity index (χ3n) is 4.17. The Balaban J connectivity index is 1.68. The average molecular weight is 250 g/mol. The molecule has 0 amide bonds. The molecule has 0 spiro atoms. The molecule has 1 saturated heterocycles. The number of aromatic nitrogens is 1. The third kappa shape index (κ3) is 2.71. The van der Waals surface area contributed by atoms with Crippen molar-refractivity contribution < 1.29 is 0 Å². The average Bonchev–Trinajstić information content (AvgIpc) is 2.90. The van der Waals surface area contributed by atoms with E-state index in [1.165, 1.54) is 68.6 Å². The Kier molecular flexibility index (Phi) is 3.77. The largest absolute Gasteiger partial charge is 0.308 e. The summed E-state index contributed by atoms with van der Waals surface area (Å²) in [4.78, 5) is 4.91. The summed E-state index contributed by atoms with van der Waals surface area (Å²) in [6, 6.07) is 0.547. The number of hydrogen-bond donors (Lipinski definition) is 1. The van der Waals surface area contributed by atoms with Crippen molar-refractivity contribution in [1.82, 2.24) is 10.3 Å². The first-order chi connectivity index (χ1) is 8.43. The Labute approximate surface area is 108 Å². The van der Waals surface area contributed by atoms with E-state index in [0.29, 0.717) is 6.04 Å². The highest BCUT2D eigenvalue weighted by Crippen LogP contribution is 2.35. The molecule has 3 heteroatoms. The van der Waals surface area contributed by atoms with Gasteiger partial charge in [-0.2, -0.15) is 0 Å². The zero-order valence-electron chi connectivity index (χ0n) is 10.5. The number of piperidine rings is 1. The van der Waals surface area contributed by atoms with Crippen LogP contribution in [0.15, 0.2) is 5.38 Å². The summed E-state index contributed by atoms with van der Waals surface area (Å²) in [6.45, 7) is 1.17. The number of thiazole rings is 1. The predicted molar refractivity (Wildman–Crippen MR) is 72.5 cm³/mol. The Bertz CT molecular complexity index is 316. The predicted octanol–water partition coefficient (Wildman–Crippen LogP) is 4.01. The third-order valence-corrected chi connectivity index (χ3v) is 5.15. The molecule has 0 aromatic carbocycles. The topological polar surface area (TPSA) is 24.9 Å². The molecule has 2 aliphatic rings. The van der Waals surface area contributed by atoms with Crippen LogP contribution in [0.5, 0.6) is 0 Å². The van der Waals surface area contributed by atoms with Crippen LogP contribution < -0.4 is 5.32 Å². The van der Waals surface area contributed by atoms with Crippen molar-refractivity contribution in [3.8, 4) is 0 Å². The molecule has 1 unspecified atom stereocenters. The fourth-order valence-electron chi connectivity index (χ4n) is 3.11. The maximum Gasteiger partial charge on any atom is 0.110 e. The molecule has 1 aliphatic carbocycles. The van der Waals surface area contributed by atoms with Gasteiger partial charge in [0.25, 0.3) is 0 Å². The van der Waals surface area contributed by atoms with Crippen LogP contribution in [0.3, 0.4) is 0 Å². The van der Waals surface area contributed by atoms with Crippen LogP contribution in [0.1, 0.15) is 74.0 Å². The van der Waals surface area contributed by atoms with Gasteiger partial charge >= 0.3 is 0 Å². The second-order valence-electron chi connectivity index (χ2n) is 5.45. The second kappa shape index (κ2) is 5.49. The van der Waals surface area contributed by atoms with Gasteiger partial charge < -0.3 is 5.32 Å². The van der Waals surface area contributed by atoms with Gasteiger partial charge in [0, 0.05) is 11.3 Å². The van der Waals surface area contributed by atoms with E-state index in [0.717, 1.165) is 5.92 Å². The van der Waals surface area contributed by atoms with Crippen molar-refractivity contribution in [3.63, 3.8) is 0 Å². The molecule has 2 nitrogen and oxygen atoms in total. The van der Waals surface area contributed by atoms with Crippen LogP contribution in [-0.2, 0) is 0 Å². The van der Waals surface area contributed by atoms with Gasteiger partial charge in [-0.05, 0) is 32.2 Å². The monoisotopic (exact) mass is 250 g/mol. The van der Waals surface area contributed by atoms with E-state index in [1.807, 2.05) is 11.3 Å². The Morgan fingerprint density at radius 3 is 2.65 bits per heavy atom. The SMILES string of the molecule is c1sc(C2CCCCN2)nc1C1CCCCC1. The van der Waals surface area contributed by atoms with Crippen LogP contribution in [0.4, 0.5) is 0 Å². The standard InChI is InChI=1S/C14H22N2S/c1-2-6-11(7-3-1)13-10-17-14(16-13)12-8-4-5-9-15-12/h10-12,15H,1-9H2. The molecule has 1 atom stereocenters. The second-order valence-corrected chi connectivity index (χ2v) is 6.34. The van der Waals surface area contributed by atoms with Crippen LogP contribution in [-0.4, -0.2) is 11.5 Å². The fraction of sp³-hybridized carbons (Fsp3) is 0.786. The van der Waals surface area contributed by atoms with Gasteiger partial charge in [-0.3, -0.25) is 0 Å². The molecule has 1 aromatic rings. The maximum absolute atomic E-state index is 4.91. The van der Waals surface area contributed by atoms with Crippen LogP contribution in [0.25, 0.3) is 0 Å². The lowest BCUT2D eigenvalue weighted by Crippen LogP contribution is -2.26. The highest BCUT2D eigenvalue weighted by molar-refractivity contribution is 7.09. The molecule has 1 aromatic heterocycles. The number of hydrogen-bond acceptors (Lipinski definition) is 3. The van der Waals surface area contributed by atoms with Gasteiger partial charge in [0.1, 0.15) is 5.01 Å². The Morgan fingerprint density at radius 2 is 1.88 bits per heavy atom. The van der Waals surface area contributed by atoms with Gasteiger partial charge in [-0.25, -0.2) is 4.98 Å². The molecule has 94 valence electrons. The molecule has 2 heterocycles. The molecule has 0 bridgehead atoms. The lowest BCUT2D eigenvalue weighted by molar-refractivity contribution is 0.406. The van der Waals surface area contributed by atoms with Gasteiger partial charge in [0.05, 0.1) is 11.7 Å². The van der Waals surface area contributed by atoms with Crippen molar-refractivity contribution in [2.45, 2.75) is 63.3 Å². The van der Waals surface area contributed by atoms with Gasteiger partial charge in [-0.15, -0.1) is 11.3 Å². The molecule has 2 fully saturated rings. The molecule has 0 radical (unpaired) electrons. The Hall–Kier alpha value is -0.410. The first-order valence-corrected chi connectivity index (χ1v) is 8.00. The quantitative estimate of drug-likeness (QED) is 0.858. The van der Waals surface area contributed by atoms with E-state index in [4.69, 9.17) is 4.98 Å². The highest BCUT2D eigenvalue weighted by Gasteiger charge is 2.22. The molecule has 1 N–H and O–H groups in total. The first-order valence-electron chi connectivity index (χ1n) is 7.12. The van der Waals surface area contributed by atoms with Crippen molar-refractivity contribution in [3.05, 3.63) is 16.1 Å². The Morgan fingerprint density at radius 1 is 1.06 bits per heavy atom. The lowest BCUT2D eigenvalue weighted by Gasteiger charge is -2.22. The lowest BCUT2D eigenvalue weighted by atomic mass is 9.87. The maximum atomic E-state index is 4.91. The summed E-state index contributed by atoms with van der Waals surface area (Å²) in [5.41, 5.74) is 1.39. The summed E-state index contributed by atoms with van der Waals surface area (Å²) < 4.78 is 0. The minimum Gasteiger partial charge on any atom is -0.308 e. The van der Waals surface area contributed by atoms with Gasteiger partial charge in [-0.1, -0.05) is 25.7 Å². The summed E-state index contributed by atoms with van der Waals surface area (Å²) in [7, 11) is 0. The number of nitrogens with zero attached hydrogens (tertiary/aromatic N) is 1. The van der Waals surface area contributed by atoms with E-state index >= 15 is 0 Å². The van der Waals surface area contributed by atoms with E-state index in [9.17, 15) is 0 Å². The molecular formula is C14H22N2S. The number of rotatable bonds is 2. The van der Waals surface area contributed by atoms with Crippen LogP contribution in [0.2, 0.25) is 0 Å². The normalized spacial score (nSPS) is 27.2. The van der Waals surface area contributed by atoms with Crippen LogP contribution in [0, 0.1) is 0 Å². The zero-order chi connectivity index (χ0) is 11.5. The number of nitrogens with one attached hydrogen (secondary N) is 1. The minimum atomic E-state index is 0.547. The van der Waals surface area contributed by atoms with E-state index < -0.39 is 0 Å². The minimum absolute atomic E-state index is 0.547. The van der Waals surface area contributed by atoms with Crippen LogP contribution >= 0.6 is 11.3 Å². The van der Waals surface area contributed by atoms with Gasteiger partial charge in [0.2, 0.25) is 0 Å². The first kappa shape index (κ1) is 11.7. The zero-order valence-corrected chi connectivity index (χ0v) is 11.3. The van der Waals surface area contributed by atoms with E-state index in [1.54, 1.807) is 0 Å². The smallest absolute Gasteiger partial charge is 0.110 e. The highest BCUT2D eigenvalue weighted by atomic mass is 32.1. The summed E-state index contributed by atoms with van der Waals surface area (Å²) in [6.07, 6.45) is 10.9. The molecule has 1 aliphatic heterocycles. The van der Waals surface area contributed by atoms with E-state index in [2.05, 4.69) is 10.7 Å². The van der Waals surface area contributed by atoms with Crippen molar-refractivity contribution in [2.24, 2.45) is 0 Å². The fourth-order valence-corrected chi connectivity index (χ4v) is 4.12. The summed E-state index contributed by atoms with van der Waals surface area (Å²) >= 11 is 1.88. The van der Waals surface area contributed by atoms with E-state index in [-0.39, 0.29) is 0 Å².